The van der Waals surface area contributed by atoms with Crippen LogP contribution >= 0.6 is 35.6 Å². The van der Waals surface area contributed by atoms with Gasteiger partial charge in [-0.3, -0.25) is 4.90 Å². The maximum Gasteiger partial charge on any atom is 0.389 e. The highest BCUT2D eigenvalue weighted by Crippen LogP contribution is 2.39. The fourth-order valence-electron chi connectivity index (χ4n) is 2.65. The summed E-state index contributed by atoms with van der Waals surface area (Å²) in [6.07, 6.45) is -5.54. The van der Waals surface area contributed by atoms with Crippen LogP contribution in [-0.2, 0) is 0 Å². The number of nitrogens with one attached hydrogen (secondary N) is 1. The Morgan fingerprint density at radius 2 is 1.78 bits per heavy atom. The van der Waals surface area contributed by atoms with Gasteiger partial charge in [-0.25, -0.2) is 4.39 Å². The molecule has 1 atom stereocenters. The second kappa shape index (κ2) is 8.72. The monoisotopic (exact) mass is 394 g/mol. The average molecular weight is 396 g/mol. The number of rotatable bonds is 4. The van der Waals surface area contributed by atoms with E-state index in [9.17, 15) is 17.6 Å². The van der Waals surface area contributed by atoms with E-state index in [1.54, 1.807) is 0 Å². The van der Waals surface area contributed by atoms with Crippen molar-refractivity contribution in [2.45, 2.75) is 25.1 Å². The molecule has 1 saturated heterocycles. The van der Waals surface area contributed by atoms with Gasteiger partial charge in [0.25, 0.3) is 0 Å². The standard InChI is InChI=1S/C14H16Cl2F4N2.ClH/c15-9-1-2-10(17)12(13(9)16)11(3-4-14(18,19)20)22-7-5-21-6-8-22;/h1-2,11,21H,3-8H2;1H/t11-;/m1./s1. The van der Waals surface area contributed by atoms with Crippen molar-refractivity contribution in [2.24, 2.45) is 0 Å². The Morgan fingerprint density at radius 1 is 1.17 bits per heavy atom. The summed E-state index contributed by atoms with van der Waals surface area (Å²) in [6, 6.07) is 1.71. The zero-order chi connectivity index (χ0) is 16.3. The molecule has 1 N–H and O–H groups in total. The summed E-state index contributed by atoms with van der Waals surface area (Å²) in [4.78, 5) is 1.82. The van der Waals surface area contributed by atoms with Gasteiger partial charge in [0.2, 0.25) is 0 Å². The van der Waals surface area contributed by atoms with Gasteiger partial charge < -0.3 is 5.32 Å². The smallest absolute Gasteiger partial charge is 0.314 e. The number of hydrogen-bond donors (Lipinski definition) is 1. The lowest BCUT2D eigenvalue weighted by molar-refractivity contribution is -0.138. The predicted octanol–water partition coefficient (Wildman–Crippen LogP) is 4.84. The normalized spacial score (nSPS) is 17.7. The minimum absolute atomic E-state index is 0. The van der Waals surface area contributed by atoms with E-state index in [4.69, 9.17) is 23.2 Å². The van der Waals surface area contributed by atoms with Gasteiger partial charge >= 0.3 is 6.18 Å². The van der Waals surface area contributed by atoms with E-state index in [0.29, 0.717) is 26.2 Å². The number of benzene rings is 1. The van der Waals surface area contributed by atoms with Gasteiger partial charge in [0.1, 0.15) is 5.82 Å². The molecule has 2 nitrogen and oxygen atoms in total. The molecular weight excluding hydrogens is 379 g/mol. The highest BCUT2D eigenvalue weighted by atomic mass is 35.5. The van der Waals surface area contributed by atoms with Crippen LogP contribution in [0.5, 0.6) is 0 Å². The van der Waals surface area contributed by atoms with Gasteiger partial charge in [-0.05, 0) is 18.6 Å². The van der Waals surface area contributed by atoms with E-state index in [1.165, 1.54) is 6.07 Å². The largest absolute Gasteiger partial charge is 0.389 e. The zero-order valence-corrected chi connectivity index (χ0v) is 14.4. The fourth-order valence-corrected chi connectivity index (χ4v) is 3.10. The summed E-state index contributed by atoms with van der Waals surface area (Å²) < 4.78 is 52.0. The summed E-state index contributed by atoms with van der Waals surface area (Å²) in [5.74, 6) is -0.625. The Kier molecular flexibility index (Phi) is 7.87. The van der Waals surface area contributed by atoms with Crippen molar-refractivity contribution in [3.63, 3.8) is 0 Å². The van der Waals surface area contributed by atoms with Gasteiger partial charge in [-0.2, -0.15) is 13.2 Å². The molecule has 0 bridgehead atoms. The third kappa shape index (κ3) is 5.64. The van der Waals surface area contributed by atoms with E-state index < -0.39 is 24.5 Å². The predicted molar refractivity (Wildman–Crippen MR) is 86.1 cm³/mol. The van der Waals surface area contributed by atoms with E-state index in [-0.39, 0.29) is 34.4 Å². The number of alkyl halides is 3. The summed E-state index contributed by atoms with van der Waals surface area (Å²) in [6.45, 7) is 2.35. The molecule has 1 aliphatic rings. The molecule has 0 spiro atoms. The number of halogens is 7. The molecule has 0 amide bonds. The number of hydrogen-bond acceptors (Lipinski definition) is 2. The van der Waals surface area contributed by atoms with Crippen LogP contribution in [0.25, 0.3) is 0 Å². The molecule has 1 fully saturated rings. The Bertz CT molecular complexity index is 519. The highest BCUT2D eigenvalue weighted by molar-refractivity contribution is 6.42. The Labute approximate surface area is 148 Å². The molecule has 0 saturated carbocycles. The summed E-state index contributed by atoms with van der Waals surface area (Å²) >= 11 is 12.0. The third-order valence-electron chi connectivity index (χ3n) is 3.71. The molecule has 132 valence electrons. The molecule has 1 aromatic rings. The summed E-state index contributed by atoms with van der Waals surface area (Å²) in [7, 11) is 0. The van der Waals surface area contributed by atoms with Crippen molar-refractivity contribution >= 4 is 35.6 Å². The topological polar surface area (TPSA) is 15.3 Å². The first-order chi connectivity index (χ1) is 10.3. The van der Waals surface area contributed by atoms with E-state index in [0.717, 1.165) is 6.07 Å². The van der Waals surface area contributed by atoms with Crippen LogP contribution in [0.3, 0.4) is 0 Å². The van der Waals surface area contributed by atoms with Gasteiger partial charge in [0.15, 0.2) is 0 Å². The maximum atomic E-state index is 14.2. The minimum atomic E-state index is -4.30. The molecule has 1 aliphatic heterocycles. The zero-order valence-electron chi connectivity index (χ0n) is 12.1. The number of nitrogens with zero attached hydrogens (tertiary/aromatic N) is 1. The van der Waals surface area contributed by atoms with Crippen molar-refractivity contribution < 1.29 is 17.6 Å². The van der Waals surface area contributed by atoms with E-state index in [1.807, 2.05) is 4.90 Å². The SMILES string of the molecule is Cl.Fc1ccc(Cl)c(Cl)c1[C@@H](CCC(F)(F)F)N1CCNCC1. The van der Waals surface area contributed by atoms with E-state index >= 15 is 0 Å². The first-order valence-electron chi connectivity index (χ1n) is 6.94. The molecule has 0 aromatic heterocycles. The van der Waals surface area contributed by atoms with Crippen molar-refractivity contribution in [1.29, 1.82) is 0 Å². The van der Waals surface area contributed by atoms with Crippen LogP contribution in [0, 0.1) is 5.82 Å². The van der Waals surface area contributed by atoms with Crippen LogP contribution in [0.15, 0.2) is 12.1 Å². The van der Waals surface area contributed by atoms with Gasteiger partial charge in [-0.1, -0.05) is 23.2 Å². The molecule has 1 aromatic carbocycles. The molecule has 0 radical (unpaired) electrons. The van der Waals surface area contributed by atoms with Crippen LogP contribution in [0.4, 0.5) is 17.6 Å². The Balaban J connectivity index is 0.00000264. The molecule has 1 heterocycles. The fraction of sp³-hybridized carbons (Fsp3) is 0.571. The maximum absolute atomic E-state index is 14.2. The van der Waals surface area contributed by atoms with Crippen LogP contribution in [0.2, 0.25) is 10.0 Å². The van der Waals surface area contributed by atoms with Crippen LogP contribution in [0.1, 0.15) is 24.4 Å². The third-order valence-corrected chi connectivity index (χ3v) is 4.53. The van der Waals surface area contributed by atoms with Crippen LogP contribution in [-0.4, -0.2) is 37.3 Å². The average Bonchev–Trinajstić information content (AvgIpc) is 2.46. The van der Waals surface area contributed by atoms with Crippen molar-refractivity contribution in [1.82, 2.24) is 10.2 Å². The Morgan fingerprint density at radius 3 is 2.35 bits per heavy atom. The van der Waals surface area contributed by atoms with Crippen molar-refractivity contribution in [3.05, 3.63) is 33.6 Å². The van der Waals surface area contributed by atoms with Crippen molar-refractivity contribution in [3.8, 4) is 0 Å². The first-order valence-corrected chi connectivity index (χ1v) is 7.70. The van der Waals surface area contributed by atoms with Gasteiger partial charge in [-0.15, -0.1) is 12.4 Å². The lowest BCUT2D eigenvalue weighted by Gasteiger charge is -2.36. The summed E-state index contributed by atoms with van der Waals surface area (Å²) in [5.41, 5.74) is 0.0558. The molecule has 9 heteroatoms. The molecular formula is C14H17Cl3F4N2. The quantitative estimate of drug-likeness (QED) is 0.579. The van der Waals surface area contributed by atoms with Gasteiger partial charge in [0.05, 0.1) is 10.0 Å². The second-order valence-corrected chi connectivity index (χ2v) is 6.00. The van der Waals surface area contributed by atoms with Gasteiger partial charge in [0, 0.05) is 44.2 Å². The Hall–Kier alpha value is -0.270. The van der Waals surface area contributed by atoms with E-state index in [2.05, 4.69) is 5.32 Å². The highest BCUT2D eigenvalue weighted by Gasteiger charge is 2.33. The minimum Gasteiger partial charge on any atom is -0.314 e. The molecule has 2 rings (SSSR count). The first kappa shape index (κ1) is 20.8. The molecule has 23 heavy (non-hydrogen) atoms. The van der Waals surface area contributed by atoms with Crippen molar-refractivity contribution in [2.75, 3.05) is 26.2 Å². The lowest BCUT2D eigenvalue weighted by Crippen LogP contribution is -2.45. The molecule has 0 unspecified atom stereocenters. The molecule has 0 aliphatic carbocycles. The lowest BCUT2D eigenvalue weighted by atomic mass is 9.98. The number of piperazine rings is 1. The summed E-state index contributed by atoms with van der Waals surface area (Å²) in [5, 5.41) is 3.25. The second-order valence-electron chi connectivity index (χ2n) is 5.21. The van der Waals surface area contributed by atoms with Crippen LogP contribution < -0.4 is 5.32 Å².